The van der Waals surface area contributed by atoms with Gasteiger partial charge in [0.05, 0.1) is 0 Å². The predicted octanol–water partition coefficient (Wildman–Crippen LogP) is 13.7. The van der Waals surface area contributed by atoms with Crippen molar-refractivity contribution < 1.29 is 28.6 Å². The van der Waals surface area contributed by atoms with Crippen LogP contribution >= 0.6 is 0 Å². The first-order chi connectivity index (χ1) is 24.6. The molecule has 6 nitrogen and oxygen atoms in total. The van der Waals surface area contributed by atoms with E-state index in [1.165, 1.54) is 116 Å². The van der Waals surface area contributed by atoms with Crippen LogP contribution in [0.5, 0.6) is 0 Å². The van der Waals surface area contributed by atoms with E-state index in [2.05, 4.69) is 41.5 Å². The van der Waals surface area contributed by atoms with E-state index in [4.69, 9.17) is 14.2 Å². The van der Waals surface area contributed by atoms with E-state index in [0.29, 0.717) is 19.3 Å². The Labute approximate surface area is 317 Å². The third kappa shape index (κ3) is 38.0. The first-order valence-electron chi connectivity index (χ1n) is 22.1. The Bertz CT molecular complexity index is 794. The molecule has 2 atom stereocenters. The van der Waals surface area contributed by atoms with E-state index in [9.17, 15) is 14.4 Å². The van der Waals surface area contributed by atoms with Gasteiger partial charge in [-0.15, -0.1) is 0 Å². The average Bonchev–Trinajstić information content (AvgIpc) is 3.09. The van der Waals surface area contributed by atoms with Gasteiger partial charge < -0.3 is 14.2 Å². The highest BCUT2D eigenvalue weighted by Gasteiger charge is 2.19. The molecule has 51 heavy (non-hydrogen) atoms. The van der Waals surface area contributed by atoms with Crippen LogP contribution in [0.3, 0.4) is 0 Å². The van der Waals surface area contributed by atoms with Gasteiger partial charge in [-0.1, -0.05) is 196 Å². The Morgan fingerprint density at radius 2 is 0.686 bits per heavy atom. The standard InChI is InChI=1S/C45H86O6/c1-7-41(6)33-27-21-14-11-12-16-24-30-36-45(48)51-42(38-50-44(47)35-29-23-18-17-20-26-32-40(4)5)37-49-43(46)34-28-22-15-10-8-9-13-19-25-31-39(2)3/h39-42H,7-38H2,1-6H3/t41?,42-/m1/s1. The molecule has 0 radical (unpaired) electrons. The molecule has 302 valence electrons. The number of hydrogen-bond donors (Lipinski definition) is 0. The number of hydrogen-bond acceptors (Lipinski definition) is 6. The summed E-state index contributed by atoms with van der Waals surface area (Å²) in [6.45, 7) is 13.6. The fraction of sp³-hybridized carbons (Fsp3) is 0.933. The molecule has 6 heteroatoms. The molecule has 0 spiro atoms. The summed E-state index contributed by atoms with van der Waals surface area (Å²) in [5, 5.41) is 0. The van der Waals surface area contributed by atoms with Gasteiger partial charge in [0.25, 0.3) is 0 Å². The lowest BCUT2D eigenvalue weighted by Crippen LogP contribution is -2.30. The van der Waals surface area contributed by atoms with Gasteiger partial charge in [-0.2, -0.15) is 0 Å². The second-order valence-corrected chi connectivity index (χ2v) is 16.5. The van der Waals surface area contributed by atoms with Gasteiger partial charge in [-0.05, 0) is 37.0 Å². The highest BCUT2D eigenvalue weighted by molar-refractivity contribution is 5.71. The topological polar surface area (TPSA) is 78.9 Å². The summed E-state index contributed by atoms with van der Waals surface area (Å²) in [5.41, 5.74) is 0. The second-order valence-electron chi connectivity index (χ2n) is 16.5. The maximum atomic E-state index is 12.7. The molecule has 0 amide bonds. The van der Waals surface area contributed by atoms with Gasteiger partial charge in [-0.3, -0.25) is 14.4 Å². The summed E-state index contributed by atoms with van der Waals surface area (Å²) in [7, 11) is 0. The number of carbonyl (C=O) groups is 3. The molecule has 0 saturated carbocycles. The molecular weight excluding hydrogens is 636 g/mol. The van der Waals surface area contributed by atoms with Crippen molar-refractivity contribution in [1.82, 2.24) is 0 Å². The Morgan fingerprint density at radius 1 is 0.392 bits per heavy atom. The molecule has 0 N–H and O–H groups in total. The molecule has 0 aromatic heterocycles. The van der Waals surface area contributed by atoms with E-state index in [1.54, 1.807) is 0 Å². The van der Waals surface area contributed by atoms with Gasteiger partial charge >= 0.3 is 17.9 Å². The lowest BCUT2D eigenvalue weighted by Gasteiger charge is -2.18. The average molecular weight is 723 g/mol. The van der Waals surface area contributed by atoms with Gasteiger partial charge in [0.2, 0.25) is 0 Å². The Morgan fingerprint density at radius 3 is 1.02 bits per heavy atom. The van der Waals surface area contributed by atoms with Crippen molar-refractivity contribution in [3.8, 4) is 0 Å². The lowest BCUT2D eigenvalue weighted by molar-refractivity contribution is -0.167. The Kier molecular flexibility index (Phi) is 35.6. The van der Waals surface area contributed by atoms with Crippen molar-refractivity contribution in [2.24, 2.45) is 17.8 Å². The van der Waals surface area contributed by atoms with Crippen LogP contribution in [0.2, 0.25) is 0 Å². The summed E-state index contributed by atoms with van der Waals surface area (Å²) >= 11 is 0. The van der Waals surface area contributed by atoms with Crippen molar-refractivity contribution in [2.75, 3.05) is 13.2 Å². The molecule has 0 fully saturated rings. The second kappa shape index (κ2) is 36.8. The van der Waals surface area contributed by atoms with Gasteiger partial charge in [0.15, 0.2) is 6.10 Å². The zero-order chi connectivity index (χ0) is 37.8. The zero-order valence-corrected chi connectivity index (χ0v) is 34.9. The molecule has 0 aliphatic carbocycles. The Balaban J connectivity index is 4.36. The third-order valence-electron chi connectivity index (χ3n) is 10.3. The van der Waals surface area contributed by atoms with Crippen LogP contribution < -0.4 is 0 Å². The van der Waals surface area contributed by atoms with Gasteiger partial charge in [0, 0.05) is 19.3 Å². The highest BCUT2D eigenvalue weighted by atomic mass is 16.6. The third-order valence-corrected chi connectivity index (χ3v) is 10.3. The zero-order valence-electron chi connectivity index (χ0n) is 34.9. The lowest BCUT2D eigenvalue weighted by atomic mass is 9.99. The SMILES string of the molecule is CCC(C)CCCCCCCCCCC(=O)O[C@H](COC(=O)CCCCCCCCCCCC(C)C)COC(=O)CCCCCCCCC(C)C. The van der Waals surface area contributed by atoms with Gasteiger partial charge in [-0.25, -0.2) is 0 Å². The number of ether oxygens (including phenoxy) is 3. The van der Waals surface area contributed by atoms with Crippen molar-refractivity contribution in [2.45, 2.75) is 240 Å². The molecule has 0 heterocycles. The number of carbonyl (C=O) groups excluding carboxylic acids is 3. The number of rotatable bonds is 38. The maximum Gasteiger partial charge on any atom is 0.306 e. The van der Waals surface area contributed by atoms with Crippen LogP contribution in [0.25, 0.3) is 0 Å². The van der Waals surface area contributed by atoms with Crippen LogP contribution in [0.15, 0.2) is 0 Å². The molecule has 0 saturated heterocycles. The molecule has 1 unspecified atom stereocenters. The minimum absolute atomic E-state index is 0.0674. The molecule has 0 aliphatic heterocycles. The first kappa shape index (κ1) is 49.4. The summed E-state index contributed by atoms with van der Waals surface area (Å²) in [6, 6.07) is 0. The van der Waals surface area contributed by atoms with Crippen molar-refractivity contribution in [3.05, 3.63) is 0 Å². The molecule has 0 aromatic rings. The van der Waals surface area contributed by atoms with Crippen molar-refractivity contribution in [1.29, 1.82) is 0 Å². The predicted molar refractivity (Wildman–Crippen MR) is 215 cm³/mol. The van der Waals surface area contributed by atoms with Crippen LogP contribution in [0.4, 0.5) is 0 Å². The van der Waals surface area contributed by atoms with E-state index >= 15 is 0 Å². The summed E-state index contributed by atoms with van der Waals surface area (Å²) < 4.78 is 16.7. The number of esters is 3. The highest BCUT2D eigenvalue weighted by Crippen LogP contribution is 2.17. The monoisotopic (exact) mass is 723 g/mol. The van der Waals surface area contributed by atoms with Crippen LogP contribution in [0.1, 0.15) is 234 Å². The minimum Gasteiger partial charge on any atom is -0.462 e. The van der Waals surface area contributed by atoms with Crippen LogP contribution in [0, 0.1) is 17.8 Å². The fourth-order valence-corrected chi connectivity index (χ4v) is 6.49. The largest absolute Gasteiger partial charge is 0.462 e. The van der Waals surface area contributed by atoms with Gasteiger partial charge in [0.1, 0.15) is 13.2 Å². The molecule has 0 aromatic carbocycles. The quantitative estimate of drug-likeness (QED) is 0.0359. The molecular formula is C45H86O6. The normalized spacial score (nSPS) is 12.7. The van der Waals surface area contributed by atoms with Crippen molar-refractivity contribution in [3.63, 3.8) is 0 Å². The van der Waals surface area contributed by atoms with E-state index in [-0.39, 0.29) is 31.1 Å². The smallest absolute Gasteiger partial charge is 0.306 e. The van der Waals surface area contributed by atoms with Crippen molar-refractivity contribution >= 4 is 17.9 Å². The Hall–Kier alpha value is -1.59. The fourth-order valence-electron chi connectivity index (χ4n) is 6.49. The number of unbranched alkanes of at least 4 members (excludes halogenated alkanes) is 20. The molecule has 0 rings (SSSR count). The van der Waals surface area contributed by atoms with Crippen LogP contribution in [-0.4, -0.2) is 37.2 Å². The minimum atomic E-state index is -0.762. The van der Waals surface area contributed by atoms with E-state index < -0.39 is 6.10 Å². The maximum absolute atomic E-state index is 12.7. The van der Waals surface area contributed by atoms with E-state index in [0.717, 1.165) is 75.5 Å². The molecule has 0 aliphatic rings. The van der Waals surface area contributed by atoms with E-state index in [1.807, 2.05) is 0 Å². The summed E-state index contributed by atoms with van der Waals surface area (Å²) in [6.07, 6.45) is 32.4. The summed E-state index contributed by atoms with van der Waals surface area (Å²) in [5.74, 6) is 1.55. The first-order valence-corrected chi connectivity index (χ1v) is 22.1. The molecule has 0 bridgehead atoms. The summed E-state index contributed by atoms with van der Waals surface area (Å²) in [4.78, 5) is 37.6. The van der Waals surface area contributed by atoms with Crippen LogP contribution in [-0.2, 0) is 28.6 Å².